The number of amides is 2. The second-order valence-electron chi connectivity index (χ2n) is 7.47. The Bertz CT molecular complexity index is 1170. The number of ether oxygens (including phenoxy) is 1. The Morgan fingerprint density at radius 2 is 1.79 bits per heavy atom. The average Bonchev–Trinajstić information content (AvgIpc) is 2.81. The Kier molecular flexibility index (Phi) is 8.59. The molecule has 1 unspecified atom stereocenters. The van der Waals surface area contributed by atoms with Crippen molar-refractivity contribution >= 4 is 35.4 Å². The van der Waals surface area contributed by atoms with Gasteiger partial charge in [0.15, 0.2) is 0 Å². The van der Waals surface area contributed by atoms with Crippen LogP contribution in [-0.4, -0.2) is 34.1 Å². The van der Waals surface area contributed by atoms with Crippen LogP contribution >= 0.6 is 11.6 Å². The molecule has 2 aromatic carbocycles. The van der Waals surface area contributed by atoms with Crippen LogP contribution in [0.2, 0.25) is 5.02 Å². The van der Waals surface area contributed by atoms with Crippen molar-refractivity contribution in [2.24, 2.45) is 0 Å². The summed E-state index contributed by atoms with van der Waals surface area (Å²) in [6.07, 6.45) is 2.63. The third-order valence-electron chi connectivity index (χ3n) is 4.93. The molecule has 2 amide bonds. The molecule has 0 aliphatic heterocycles. The number of carbonyl (C=O) groups excluding carboxylic acids is 2. The zero-order valence-corrected chi connectivity index (χ0v) is 19.2. The van der Waals surface area contributed by atoms with Gasteiger partial charge in [-0.15, -0.1) is 0 Å². The number of aromatic nitrogens is 1. The van der Waals surface area contributed by atoms with Crippen molar-refractivity contribution in [2.45, 2.75) is 32.2 Å². The first-order chi connectivity index (χ1) is 16.4. The quantitative estimate of drug-likeness (QED) is 0.407. The molecule has 0 saturated heterocycles. The first-order valence-corrected chi connectivity index (χ1v) is 11.0. The van der Waals surface area contributed by atoms with Gasteiger partial charge in [-0.25, -0.2) is 14.6 Å². The van der Waals surface area contributed by atoms with Crippen molar-refractivity contribution in [2.75, 3.05) is 5.32 Å². The number of aliphatic carboxylic acids is 1. The molecule has 1 heterocycles. The maximum atomic E-state index is 12.4. The van der Waals surface area contributed by atoms with Gasteiger partial charge in [-0.1, -0.05) is 55.3 Å². The lowest BCUT2D eigenvalue weighted by Crippen LogP contribution is -2.42. The minimum absolute atomic E-state index is 0.0340. The molecule has 0 fully saturated rings. The van der Waals surface area contributed by atoms with Gasteiger partial charge in [-0.3, -0.25) is 10.1 Å². The van der Waals surface area contributed by atoms with E-state index in [1.165, 1.54) is 6.07 Å². The number of benzene rings is 2. The summed E-state index contributed by atoms with van der Waals surface area (Å²) in [7, 11) is 0. The van der Waals surface area contributed by atoms with Crippen LogP contribution in [0.4, 0.5) is 10.6 Å². The fourth-order valence-electron chi connectivity index (χ4n) is 3.26. The minimum Gasteiger partial charge on any atom is -0.480 e. The molecular weight excluding hydrogens is 458 g/mol. The van der Waals surface area contributed by atoms with Gasteiger partial charge in [0.25, 0.3) is 5.91 Å². The molecular formula is C25H24ClN3O5. The van der Waals surface area contributed by atoms with E-state index in [1.807, 2.05) is 19.1 Å². The monoisotopic (exact) mass is 481 g/mol. The zero-order chi connectivity index (χ0) is 24.5. The Labute approximate surface area is 201 Å². The van der Waals surface area contributed by atoms with Crippen LogP contribution < -0.4 is 15.4 Å². The lowest BCUT2D eigenvalue weighted by atomic mass is 10.1. The molecule has 0 aliphatic rings. The van der Waals surface area contributed by atoms with Gasteiger partial charge in [-0.2, -0.15) is 0 Å². The molecule has 1 atom stereocenters. The molecule has 3 N–H and O–H groups in total. The van der Waals surface area contributed by atoms with E-state index in [2.05, 4.69) is 15.6 Å². The Morgan fingerprint density at radius 3 is 2.47 bits per heavy atom. The molecule has 8 nitrogen and oxygen atoms in total. The number of nitrogens with one attached hydrogen (secondary N) is 2. The Balaban J connectivity index is 1.60. The summed E-state index contributed by atoms with van der Waals surface area (Å²) in [6, 6.07) is 15.3. The van der Waals surface area contributed by atoms with E-state index in [-0.39, 0.29) is 22.8 Å². The highest BCUT2D eigenvalue weighted by atomic mass is 35.5. The number of aryl methyl sites for hydroxylation is 1. The third-order valence-corrected chi connectivity index (χ3v) is 5.26. The molecule has 0 aliphatic carbocycles. The van der Waals surface area contributed by atoms with Crippen molar-refractivity contribution in [1.82, 2.24) is 10.3 Å². The summed E-state index contributed by atoms with van der Waals surface area (Å²) >= 11 is 6.02. The van der Waals surface area contributed by atoms with E-state index >= 15 is 0 Å². The Morgan fingerprint density at radius 1 is 1.06 bits per heavy atom. The second-order valence-corrected chi connectivity index (χ2v) is 7.88. The number of rotatable bonds is 9. The lowest BCUT2D eigenvalue weighted by Gasteiger charge is -2.15. The minimum atomic E-state index is -1.18. The van der Waals surface area contributed by atoms with Crippen LogP contribution in [-0.2, 0) is 17.6 Å². The predicted octanol–water partition coefficient (Wildman–Crippen LogP) is 4.72. The number of nitrogens with zero attached hydrogens (tertiary/aromatic N) is 1. The van der Waals surface area contributed by atoms with Crippen molar-refractivity contribution in [3.63, 3.8) is 0 Å². The summed E-state index contributed by atoms with van der Waals surface area (Å²) in [5.41, 5.74) is 1.74. The first-order valence-electron chi connectivity index (χ1n) is 10.7. The maximum Gasteiger partial charge on any atom is 0.418 e. The number of carboxylic acid groups (broad SMARTS) is 1. The molecule has 0 radical (unpaired) electrons. The van der Waals surface area contributed by atoms with Gasteiger partial charge in [0, 0.05) is 12.6 Å². The average molecular weight is 482 g/mol. The van der Waals surface area contributed by atoms with Gasteiger partial charge >= 0.3 is 12.1 Å². The van der Waals surface area contributed by atoms with Crippen molar-refractivity contribution in [3.05, 3.63) is 88.6 Å². The number of carboxylic acids is 1. The molecule has 1 aromatic heterocycles. The molecule has 34 heavy (non-hydrogen) atoms. The van der Waals surface area contributed by atoms with Crippen LogP contribution in [0.5, 0.6) is 5.75 Å². The maximum absolute atomic E-state index is 12.4. The van der Waals surface area contributed by atoms with E-state index in [1.54, 1.807) is 48.7 Å². The molecule has 0 spiro atoms. The van der Waals surface area contributed by atoms with Crippen LogP contribution in [0, 0.1) is 0 Å². The molecule has 3 aromatic rings. The topological polar surface area (TPSA) is 118 Å². The van der Waals surface area contributed by atoms with Gasteiger partial charge < -0.3 is 15.2 Å². The highest BCUT2D eigenvalue weighted by Crippen LogP contribution is 2.18. The smallest absolute Gasteiger partial charge is 0.418 e. The molecule has 3 rings (SSSR count). The van der Waals surface area contributed by atoms with E-state index in [9.17, 15) is 19.5 Å². The number of hydrogen-bond acceptors (Lipinski definition) is 5. The van der Waals surface area contributed by atoms with Crippen LogP contribution in [0.1, 0.15) is 34.8 Å². The molecule has 0 bridgehead atoms. The van der Waals surface area contributed by atoms with Crippen molar-refractivity contribution in [1.29, 1.82) is 0 Å². The first kappa shape index (κ1) is 24.7. The summed E-state index contributed by atoms with van der Waals surface area (Å²) < 4.78 is 5.30. The van der Waals surface area contributed by atoms with Crippen molar-refractivity contribution in [3.8, 4) is 5.75 Å². The summed E-state index contributed by atoms with van der Waals surface area (Å²) in [6.45, 7) is 2.04. The van der Waals surface area contributed by atoms with Gasteiger partial charge in [0.05, 0.1) is 10.6 Å². The van der Waals surface area contributed by atoms with Crippen LogP contribution in [0.25, 0.3) is 0 Å². The number of pyridine rings is 1. The highest BCUT2D eigenvalue weighted by Gasteiger charge is 2.22. The van der Waals surface area contributed by atoms with E-state index in [0.717, 1.165) is 18.4 Å². The van der Waals surface area contributed by atoms with E-state index in [4.69, 9.17) is 16.3 Å². The standard InChI is InChI=1S/C25H24ClN3O5/c1-2-6-17-7-5-14-27-22(17)29-25(33)34-18-12-10-16(11-13-18)15-21(24(31)32)28-23(30)19-8-3-4-9-20(19)26/h3-5,7-14,21H,2,6,15H2,1H3,(H,28,30)(H,31,32)(H,27,29,33). The third kappa shape index (κ3) is 6.79. The Hall–Kier alpha value is -3.91. The SMILES string of the molecule is CCCc1cccnc1NC(=O)Oc1ccc(CC(NC(=O)c2ccccc2Cl)C(=O)O)cc1. The van der Waals surface area contributed by atoms with Gasteiger partial charge in [-0.05, 0) is 47.9 Å². The highest BCUT2D eigenvalue weighted by molar-refractivity contribution is 6.33. The number of carbonyl (C=O) groups is 3. The van der Waals surface area contributed by atoms with Gasteiger partial charge in [0.2, 0.25) is 0 Å². The van der Waals surface area contributed by atoms with Gasteiger partial charge in [0.1, 0.15) is 17.6 Å². The fourth-order valence-corrected chi connectivity index (χ4v) is 3.48. The second kappa shape index (κ2) is 11.8. The largest absolute Gasteiger partial charge is 0.480 e. The number of hydrogen-bond donors (Lipinski definition) is 3. The normalized spacial score (nSPS) is 11.4. The van der Waals surface area contributed by atoms with E-state index < -0.39 is 24.0 Å². The van der Waals surface area contributed by atoms with Crippen LogP contribution in [0.15, 0.2) is 66.9 Å². The predicted molar refractivity (Wildman–Crippen MR) is 128 cm³/mol. The molecule has 9 heteroatoms. The van der Waals surface area contributed by atoms with E-state index in [0.29, 0.717) is 11.4 Å². The molecule has 176 valence electrons. The number of anilines is 1. The van der Waals surface area contributed by atoms with Crippen LogP contribution in [0.3, 0.4) is 0 Å². The molecule has 0 saturated carbocycles. The summed E-state index contributed by atoms with van der Waals surface area (Å²) in [4.78, 5) is 40.6. The lowest BCUT2D eigenvalue weighted by molar-refractivity contribution is -0.139. The summed E-state index contributed by atoms with van der Waals surface area (Å²) in [5.74, 6) is -1.03. The zero-order valence-electron chi connectivity index (χ0n) is 18.5. The van der Waals surface area contributed by atoms with Crippen molar-refractivity contribution < 1.29 is 24.2 Å². The fraction of sp³-hybridized carbons (Fsp3) is 0.200. The summed E-state index contributed by atoms with van der Waals surface area (Å²) in [5, 5.41) is 14.9. The number of halogens is 1.